The Morgan fingerprint density at radius 2 is 2.03 bits per heavy atom. The second-order valence-electron chi connectivity index (χ2n) is 8.11. The highest BCUT2D eigenvalue weighted by atomic mass is 19.1. The maximum Gasteiger partial charge on any atom is 0.322 e. The number of amides is 2. The molecule has 3 heterocycles. The summed E-state index contributed by atoms with van der Waals surface area (Å²) in [4.78, 5) is 14.5. The molecule has 35 heavy (non-hydrogen) atoms. The predicted octanol–water partition coefficient (Wildman–Crippen LogP) is 4.04. The molecule has 0 aliphatic carbocycles. The van der Waals surface area contributed by atoms with Gasteiger partial charge in [0.05, 0.1) is 43.3 Å². The first-order chi connectivity index (χ1) is 17.1. The number of rotatable bonds is 7. The van der Waals surface area contributed by atoms with E-state index >= 15 is 0 Å². The SMILES string of the molecule is O=C(Nc1cnn(Cc2ccc(F)cc2)c1)N1CCOC(COc2ccccc2-c2ccno2)C1. The molecular weight excluding hydrogens is 453 g/mol. The van der Waals surface area contributed by atoms with Crippen molar-refractivity contribution < 1.29 is 23.2 Å². The van der Waals surface area contributed by atoms with Crippen molar-refractivity contribution in [2.24, 2.45) is 0 Å². The lowest BCUT2D eigenvalue weighted by atomic mass is 10.1. The predicted molar refractivity (Wildman–Crippen MR) is 125 cm³/mol. The van der Waals surface area contributed by atoms with E-state index in [2.05, 4.69) is 15.6 Å². The maximum absolute atomic E-state index is 13.1. The number of anilines is 1. The molecule has 1 aliphatic heterocycles. The minimum absolute atomic E-state index is 0.235. The molecule has 2 aromatic heterocycles. The van der Waals surface area contributed by atoms with Gasteiger partial charge in [-0.2, -0.15) is 5.10 Å². The maximum atomic E-state index is 13.1. The summed E-state index contributed by atoms with van der Waals surface area (Å²) >= 11 is 0. The van der Waals surface area contributed by atoms with Crippen molar-refractivity contribution in [1.82, 2.24) is 19.8 Å². The van der Waals surface area contributed by atoms with Gasteiger partial charge in [0.25, 0.3) is 0 Å². The monoisotopic (exact) mass is 477 g/mol. The van der Waals surface area contributed by atoms with Gasteiger partial charge < -0.3 is 24.2 Å². The van der Waals surface area contributed by atoms with Gasteiger partial charge >= 0.3 is 6.03 Å². The third kappa shape index (κ3) is 5.67. The van der Waals surface area contributed by atoms with Crippen molar-refractivity contribution in [1.29, 1.82) is 0 Å². The lowest BCUT2D eigenvalue weighted by Gasteiger charge is -2.32. The molecule has 0 radical (unpaired) electrons. The molecule has 1 saturated heterocycles. The lowest BCUT2D eigenvalue weighted by Crippen LogP contribution is -2.49. The molecule has 0 saturated carbocycles. The van der Waals surface area contributed by atoms with Crippen LogP contribution in [0.15, 0.2) is 77.7 Å². The van der Waals surface area contributed by atoms with Crippen molar-refractivity contribution in [3.8, 4) is 17.1 Å². The van der Waals surface area contributed by atoms with Crippen LogP contribution < -0.4 is 10.1 Å². The van der Waals surface area contributed by atoms with Crippen molar-refractivity contribution in [2.75, 3.05) is 31.6 Å². The lowest BCUT2D eigenvalue weighted by molar-refractivity contribution is -0.0336. The minimum atomic E-state index is -0.282. The summed E-state index contributed by atoms with van der Waals surface area (Å²) in [5.74, 6) is 0.990. The zero-order valence-corrected chi connectivity index (χ0v) is 18.8. The second kappa shape index (κ2) is 10.4. The van der Waals surface area contributed by atoms with Crippen LogP contribution in [0, 0.1) is 5.82 Å². The molecule has 5 rings (SSSR count). The fourth-order valence-electron chi connectivity index (χ4n) is 3.83. The largest absolute Gasteiger partial charge is 0.490 e. The summed E-state index contributed by atoms with van der Waals surface area (Å²) in [6, 6.07) is 15.3. The van der Waals surface area contributed by atoms with Gasteiger partial charge in [0.15, 0.2) is 5.76 Å². The first-order valence-electron chi connectivity index (χ1n) is 11.2. The van der Waals surface area contributed by atoms with Gasteiger partial charge in [-0.3, -0.25) is 4.68 Å². The van der Waals surface area contributed by atoms with Crippen LogP contribution in [0.3, 0.4) is 0 Å². The molecule has 10 heteroatoms. The van der Waals surface area contributed by atoms with Crippen LogP contribution in [-0.4, -0.2) is 58.3 Å². The van der Waals surface area contributed by atoms with E-state index in [9.17, 15) is 9.18 Å². The third-order valence-corrected chi connectivity index (χ3v) is 5.58. The molecule has 0 spiro atoms. The molecule has 1 N–H and O–H groups in total. The van der Waals surface area contributed by atoms with E-state index in [4.69, 9.17) is 14.0 Å². The van der Waals surface area contributed by atoms with Crippen LogP contribution in [0.4, 0.5) is 14.9 Å². The highest BCUT2D eigenvalue weighted by Crippen LogP contribution is 2.29. The molecule has 4 aromatic rings. The van der Waals surface area contributed by atoms with E-state index < -0.39 is 0 Å². The van der Waals surface area contributed by atoms with E-state index in [1.54, 1.807) is 46.4 Å². The van der Waals surface area contributed by atoms with Gasteiger partial charge in [0, 0.05) is 18.8 Å². The van der Waals surface area contributed by atoms with Crippen molar-refractivity contribution >= 4 is 11.7 Å². The molecular formula is C25H24FN5O4. The Balaban J connectivity index is 1.15. The molecule has 1 fully saturated rings. The number of halogens is 1. The fraction of sp³-hybridized carbons (Fsp3) is 0.240. The van der Waals surface area contributed by atoms with Crippen LogP contribution in [0.2, 0.25) is 0 Å². The molecule has 9 nitrogen and oxygen atoms in total. The standard InChI is InChI=1S/C25H24FN5O4/c26-19-7-5-18(6-8-19)14-31-15-20(13-27-31)29-25(32)30-11-12-33-21(16-30)17-34-23-4-2-1-3-22(23)24-9-10-28-35-24/h1-10,13,15,21H,11-12,14,16-17H2,(H,29,32). The Hall–Kier alpha value is -4.18. The number of carbonyl (C=O) groups excluding carboxylic acids is 1. The summed E-state index contributed by atoms with van der Waals surface area (Å²) in [7, 11) is 0. The number of carbonyl (C=O) groups is 1. The summed E-state index contributed by atoms with van der Waals surface area (Å²) in [5.41, 5.74) is 2.29. The number of nitrogens with zero attached hydrogens (tertiary/aromatic N) is 4. The van der Waals surface area contributed by atoms with Gasteiger partial charge in [-0.25, -0.2) is 9.18 Å². The molecule has 0 bridgehead atoms. The zero-order valence-electron chi connectivity index (χ0n) is 18.8. The third-order valence-electron chi connectivity index (χ3n) is 5.58. The average Bonchev–Trinajstić information content (AvgIpc) is 3.57. The van der Waals surface area contributed by atoms with Gasteiger partial charge in [-0.15, -0.1) is 0 Å². The molecule has 180 valence electrons. The van der Waals surface area contributed by atoms with Crippen molar-refractivity contribution in [3.63, 3.8) is 0 Å². The van der Waals surface area contributed by atoms with E-state index in [1.807, 2.05) is 24.3 Å². The molecule has 1 atom stereocenters. The number of para-hydroxylation sites is 1. The van der Waals surface area contributed by atoms with Gasteiger partial charge in [-0.1, -0.05) is 29.4 Å². The highest BCUT2D eigenvalue weighted by molar-refractivity contribution is 5.89. The Bertz CT molecular complexity index is 1260. The Labute approximate surface area is 201 Å². The first kappa shape index (κ1) is 22.6. The number of benzene rings is 2. The number of nitrogens with one attached hydrogen (secondary N) is 1. The van der Waals surface area contributed by atoms with Crippen molar-refractivity contribution in [3.05, 3.63) is 84.6 Å². The quantitative estimate of drug-likeness (QED) is 0.432. The normalized spacial score (nSPS) is 15.7. The molecule has 2 aromatic carbocycles. The van der Waals surface area contributed by atoms with Crippen LogP contribution in [0.25, 0.3) is 11.3 Å². The van der Waals surface area contributed by atoms with E-state index in [1.165, 1.54) is 12.1 Å². The van der Waals surface area contributed by atoms with E-state index in [0.29, 0.717) is 43.4 Å². The van der Waals surface area contributed by atoms with E-state index in [0.717, 1.165) is 11.1 Å². The summed E-state index contributed by atoms with van der Waals surface area (Å²) < 4.78 is 31.8. The topological polar surface area (TPSA) is 94.7 Å². The smallest absolute Gasteiger partial charge is 0.322 e. The fourth-order valence-corrected chi connectivity index (χ4v) is 3.83. The van der Waals surface area contributed by atoms with Gasteiger partial charge in [0.2, 0.25) is 0 Å². The van der Waals surface area contributed by atoms with Crippen LogP contribution in [-0.2, 0) is 11.3 Å². The number of hydrogen-bond acceptors (Lipinski definition) is 6. The number of ether oxygens (including phenoxy) is 2. The van der Waals surface area contributed by atoms with Crippen molar-refractivity contribution in [2.45, 2.75) is 12.6 Å². The summed E-state index contributed by atoms with van der Waals surface area (Å²) in [5, 5.41) is 10.9. The summed E-state index contributed by atoms with van der Waals surface area (Å²) in [6.45, 7) is 2.03. The highest BCUT2D eigenvalue weighted by Gasteiger charge is 2.25. The molecule has 2 amide bonds. The Kier molecular flexibility index (Phi) is 6.71. The van der Waals surface area contributed by atoms with Crippen LogP contribution in [0.5, 0.6) is 5.75 Å². The Morgan fingerprint density at radius 1 is 1.17 bits per heavy atom. The molecule has 1 aliphatic rings. The van der Waals surface area contributed by atoms with Crippen LogP contribution in [0.1, 0.15) is 5.56 Å². The number of morpholine rings is 1. The number of aromatic nitrogens is 3. The first-order valence-corrected chi connectivity index (χ1v) is 11.2. The van der Waals surface area contributed by atoms with Gasteiger partial charge in [0.1, 0.15) is 24.3 Å². The second-order valence-corrected chi connectivity index (χ2v) is 8.11. The van der Waals surface area contributed by atoms with E-state index in [-0.39, 0.29) is 24.6 Å². The minimum Gasteiger partial charge on any atom is -0.490 e. The molecule has 1 unspecified atom stereocenters. The summed E-state index contributed by atoms with van der Waals surface area (Å²) in [6.07, 6.45) is 4.63. The number of hydrogen-bond donors (Lipinski definition) is 1. The zero-order chi connectivity index (χ0) is 24.0. The van der Waals surface area contributed by atoms with Gasteiger partial charge in [-0.05, 0) is 29.8 Å². The Morgan fingerprint density at radius 3 is 2.86 bits per heavy atom. The number of urea groups is 1. The van der Waals surface area contributed by atoms with Crippen LogP contribution >= 0.6 is 0 Å². The average molecular weight is 477 g/mol.